The van der Waals surface area contributed by atoms with E-state index in [9.17, 15) is 4.79 Å². The molecule has 1 amide bonds. The molecule has 3 unspecified atom stereocenters. The zero-order valence-corrected chi connectivity index (χ0v) is 35.1. The Morgan fingerprint density at radius 3 is 2.58 bits per heavy atom. The highest BCUT2D eigenvalue weighted by molar-refractivity contribution is 8.76. The molecule has 0 bridgehead atoms. The lowest BCUT2D eigenvalue weighted by Crippen LogP contribution is -2.39. The zero-order valence-electron chi connectivity index (χ0n) is 33.5. The number of carbonyl (C=O) groups excluding carboxylic acids is 1. The van der Waals surface area contributed by atoms with E-state index in [1.165, 1.54) is 11.1 Å². The van der Waals surface area contributed by atoms with Crippen LogP contribution in [0.5, 0.6) is 17.2 Å². The van der Waals surface area contributed by atoms with Crippen molar-refractivity contribution >= 4 is 50.8 Å². The van der Waals surface area contributed by atoms with Gasteiger partial charge in [0.15, 0.2) is 11.5 Å². The fraction of sp³-hybridized carbons (Fsp3) is 0.400. The van der Waals surface area contributed by atoms with Crippen LogP contribution in [0.4, 0.5) is 17.1 Å². The first-order valence-corrected chi connectivity index (χ1v) is 22.2. The number of nitrogens with zero attached hydrogens (tertiary/aromatic N) is 3. The molecular formula is C45H53N5O5S2. The standard InChI is InChI=1S/C45H53N5O5S2/c1-29(46-25-33-19-31-12-7-9-14-39(31)49-33)18-30(2)54-27-34-21-37(53-17-11-16-45(3,4)57-56-6)22-35(48-34)28-55-43-24-40-38(23-42(43)52-5)44(51)50-36(26-47-40)20-32-13-8-10-15-41(32)50/h7-10,12-15,21-25,30,33,36,47,49H,1,11,16-20,26-28H2,2-6H3. The van der Waals surface area contributed by atoms with Gasteiger partial charge in [0.2, 0.25) is 0 Å². The van der Waals surface area contributed by atoms with Gasteiger partial charge in [-0.3, -0.25) is 14.8 Å². The number of aromatic nitrogens is 1. The summed E-state index contributed by atoms with van der Waals surface area (Å²) in [6.07, 6.45) is 8.19. The fourth-order valence-corrected chi connectivity index (χ4v) is 9.93. The molecule has 0 saturated heterocycles. The third kappa shape index (κ3) is 10.1. The maximum absolute atomic E-state index is 13.9. The molecule has 3 aliphatic heterocycles. The lowest BCUT2D eigenvalue weighted by molar-refractivity contribution is 0.0511. The quantitative estimate of drug-likeness (QED) is 0.0574. The predicted octanol–water partition coefficient (Wildman–Crippen LogP) is 9.53. The van der Waals surface area contributed by atoms with Crippen LogP contribution in [0.25, 0.3) is 0 Å². The average Bonchev–Trinajstić information content (AvgIpc) is 3.76. The molecular weight excluding hydrogens is 755 g/mol. The van der Waals surface area contributed by atoms with Crippen molar-refractivity contribution in [3.8, 4) is 17.2 Å². The molecule has 4 heterocycles. The molecule has 7 rings (SSSR count). The molecule has 12 heteroatoms. The maximum Gasteiger partial charge on any atom is 0.260 e. The summed E-state index contributed by atoms with van der Waals surface area (Å²) in [6, 6.07) is 24.1. The van der Waals surface area contributed by atoms with Crippen molar-refractivity contribution < 1.29 is 23.7 Å². The SMILES string of the molecule is C=C(CC(C)OCc1cc(OCCCC(C)(C)SSC)cc(COc2cc3c(cc2OC)C(=O)N2c4ccccc4CC2CN3)n1)N=CC1Cc2ccccc2N1. The Morgan fingerprint density at radius 2 is 1.79 bits per heavy atom. The van der Waals surface area contributed by atoms with Crippen molar-refractivity contribution in [1.82, 2.24) is 4.98 Å². The van der Waals surface area contributed by atoms with E-state index in [1.807, 2.05) is 71.3 Å². The van der Waals surface area contributed by atoms with Gasteiger partial charge in [0.1, 0.15) is 12.4 Å². The Hall–Kier alpha value is -4.65. The Bertz CT molecular complexity index is 2080. The van der Waals surface area contributed by atoms with Gasteiger partial charge in [0.05, 0.1) is 61.1 Å². The Morgan fingerprint density at radius 1 is 1.02 bits per heavy atom. The first kappa shape index (κ1) is 40.5. The van der Waals surface area contributed by atoms with Gasteiger partial charge in [-0.25, -0.2) is 0 Å². The smallest absolute Gasteiger partial charge is 0.260 e. The highest BCUT2D eigenvalue weighted by Crippen LogP contribution is 2.41. The van der Waals surface area contributed by atoms with E-state index < -0.39 is 0 Å². The van der Waals surface area contributed by atoms with Crippen molar-refractivity contribution in [1.29, 1.82) is 0 Å². The highest BCUT2D eigenvalue weighted by Gasteiger charge is 2.37. The van der Waals surface area contributed by atoms with Gasteiger partial charge >= 0.3 is 0 Å². The number of anilines is 3. The topological polar surface area (TPSA) is 107 Å². The number of amides is 1. The first-order valence-electron chi connectivity index (χ1n) is 19.6. The van der Waals surface area contributed by atoms with E-state index in [0.717, 1.165) is 48.4 Å². The van der Waals surface area contributed by atoms with Crippen molar-refractivity contribution in [3.63, 3.8) is 0 Å². The molecule has 3 aromatic carbocycles. The van der Waals surface area contributed by atoms with Gasteiger partial charge in [-0.1, -0.05) is 64.6 Å². The fourth-order valence-electron chi connectivity index (χ4n) is 7.65. The second-order valence-corrected chi connectivity index (χ2v) is 18.5. The lowest BCUT2D eigenvalue weighted by Gasteiger charge is -2.22. The molecule has 1 aromatic heterocycles. The van der Waals surface area contributed by atoms with Crippen LogP contribution in [-0.4, -0.2) is 66.6 Å². The number of rotatable bonds is 18. The Balaban J connectivity index is 1.01. The van der Waals surface area contributed by atoms with Crippen molar-refractivity contribution in [3.05, 3.63) is 113 Å². The molecule has 0 saturated carbocycles. The molecule has 3 atom stereocenters. The number of para-hydroxylation sites is 2. The van der Waals surface area contributed by atoms with Gasteiger partial charge in [-0.05, 0) is 82.0 Å². The van der Waals surface area contributed by atoms with Crippen LogP contribution < -0.4 is 29.7 Å². The first-order chi connectivity index (χ1) is 27.6. The van der Waals surface area contributed by atoms with Crippen molar-refractivity contribution in [2.45, 2.75) is 89.0 Å². The summed E-state index contributed by atoms with van der Waals surface area (Å²) in [5.74, 6) is 1.65. The molecule has 3 aliphatic rings. The summed E-state index contributed by atoms with van der Waals surface area (Å²) < 4.78 is 24.9. The zero-order chi connectivity index (χ0) is 39.9. The normalized spacial score (nSPS) is 17.5. The molecule has 0 fully saturated rings. The second kappa shape index (κ2) is 18.3. The summed E-state index contributed by atoms with van der Waals surface area (Å²) in [7, 11) is 5.27. The average molecular weight is 808 g/mol. The third-order valence-electron chi connectivity index (χ3n) is 10.4. The van der Waals surface area contributed by atoms with E-state index in [-0.39, 0.29) is 42.1 Å². The van der Waals surface area contributed by atoms with Crippen LogP contribution >= 0.6 is 21.6 Å². The van der Waals surface area contributed by atoms with Crippen LogP contribution in [0.3, 0.4) is 0 Å². The molecule has 10 nitrogen and oxygen atoms in total. The number of methoxy groups -OCH3 is 1. The number of aliphatic imine (C=N–C) groups is 1. The number of benzene rings is 3. The van der Waals surface area contributed by atoms with Crippen LogP contribution in [0.15, 0.2) is 90.1 Å². The summed E-state index contributed by atoms with van der Waals surface area (Å²) >= 11 is 0. The van der Waals surface area contributed by atoms with E-state index in [0.29, 0.717) is 53.8 Å². The van der Waals surface area contributed by atoms with E-state index in [4.69, 9.17) is 23.9 Å². The molecule has 300 valence electrons. The highest BCUT2D eigenvalue weighted by atomic mass is 33.1. The molecule has 0 radical (unpaired) electrons. The van der Waals surface area contributed by atoms with Gasteiger partial charge in [-0.15, -0.1) is 0 Å². The van der Waals surface area contributed by atoms with Crippen LogP contribution in [-0.2, 0) is 30.8 Å². The number of pyridine rings is 1. The number of hydrogen-bond donors (Lipinski definition) is 2. The summed E-state index contributed by atoms with van der Waals surface area (Å²) in [4.78, 5) is 25.4. The van der Waals surface area contributed by atoms with Gasteiger partial charge < -0.3 is 34.5 Å². The number of hydrogen-bond acceptors (Lipinski definition) is 11. The van der Waals surface area contributed by atoms with Crippen LogP contribution in [0.1, 0.15) is 72.9 Å². The molecule has 4 aromatic rings. The van der Waals surface area contributed by atoms with E-state index in [2.05, 4.69) is 66.6 Å². The summed E-state index contributed by atoms with van der Waals surface area (Å²) in [6.45, 7) is 12.4. The number of fused-ring (bicyclic) bond motifs is 5. The molecule has 0 aliphatic carbocycles. The maximum atomic E-state index is 13.9. The minimum atomic E-state index is -0.131. The largest absolute Gasteiger partial charge is 0.493 e. The van der Waals surface area contributed by atoms with Gasteiger partial charge in [0.25, 0.3) is 5.91 Å². The third-order valence-corrected chi connectivity index (χ3v) is 13.1. The second-order valence-electron chi connectivity index (χ2n) is 15.4. The van der Waals surface area contributed by atoms with Crippen LogP contribution in [0, 0.1) is 0 Å². The minimum Gasteiger partial charge on any atom is -0.493 e. The van der Waals surface area contributed by atoms with E-state index >= 15 is 0 Å². The predicted molar refractivity (Wildman–Crippen MR) is 235 cm³/mol. The number of ether oxygens (including phenoxy) is 4. The summed E-state index contributed by atoms with van der Waals surface area (Å²) in [5, 5.41) is 7.02. The Labute approximate surface area is 344 Å². The van der Waals surface area contributed by atoms with Gasteiger partial charge in [0, 0.05) is 59.2 Å². The minimum absolute atomic E-state index is 0.0295. The van der Waals surface area contributed by atoms with Crippen molar-refractivity contribution in [2.24, 2.45) is 4.99 Å². The van der Waals surface area contributed by atoms with Crippen molar-refractivity contribution in [2.75, 3.05) is 42.1 Å². The lowest BCUT2D eigenvalue weighted by atomic mass is 10.1. The van der Waals surface area contributed by atoms with E-state index in [1.54, 1.807) is 24.0 Å². The van der Waals surface area contributed by atoms with Crippen LogP contribution in [0.2, 0.25) is 0 Å². The number of nitrogens with one attached hydrogen (secondary N) is 2. The number of carbonyl (C=O) groups is 1. The molecule has 57 heavy (non-hydrogen) atoms. The Kier molecular flexibility index (Phi) is 13.0. The summed E-state index contributed by atoms with van der Waals surface area (Å²) in [5.41, 5.74) is 8.07. The molecule has 0 spiro atoms. The van der Waals surface area contributed by atoms with Gasteiger partial charge in [-0.2, -0.15) is 0 Å². The molecule has 2 N–H and O–H groups in total. The monoisotopic (exact) mass is 807 g/mol.